The number of hydrogen-bond acceptors (Lipinski definition) is 7. The molecule has 0 unspecified atom stereocenters. The van der Waals surface area contributed by atoms with Gasteiger partial charge in [-0.3, -0.25) is 9.79 Å². The van der Waals surface area contributed by atoms with Crippen molar-refractivity contribution in [2.24, 2.45) is 10.7 Å². The number of anilines is 1. The van der Waals surface area contributed by atoms with Crippen molar-refractivity contribution < 1.29 is 22.7 Å². The Labute approximate surface area is 165 Å². The van der Waals surface area contributed by atoms with Crippen LogP contribution in [0.1, 0.15) is 40.9 Å². The maximum Gasteiger partial charge on any atom is 0.267 e. The van der Waals surface area contributed by atoms with Gasteiger partial charge in [0.25, 0.3) is 6.43 Å². The van der Waals surface area contributed by atoms with Gasteiger partial charge in [-0.05, 0) is 30.5 Å². The van der Waals surface area contributed by atoms with Crippen LogP contribution in [0.4, 0.5) is 19.0 Å². The van der Waals surface area contributed by atoms with Crippen molar-refractivity contribution in [1.82, 2.24) is 9.97 Å². The highest BCUT2D eigenvalue weighted by molar-refractivity contribution is 5.99. The number of alkyl halides is 2. The zero-order valence-corrected chi connectivity index (χ0v) is 15.7. The zero-order chi connectivity index (χ0) is 21.2. The molecule has 0 fully saturated rings. The Bertz CT molecular complexity index is 967. The minimum absolute atomic E-state index is 0.0450. The summed E-state index contributed by atoms with van der Waals surface area (Å²) in [6.45, 7) is 0. The molecule has 0 saturated carbocycles. The number of rotatable bonds is 6. The minimum atomic E-state index is -2.95. The molecule has 4 N–H and O–H groups in total. The summed E-state index contributed by atoms with van der Waals surface area (Å²) in [5.74, 6) is -1.24. The number of halogens is 3. The molecule has 2 heterocycles. The first kappa shape index (κ1) is 20.6. The number of carbonyl (C=O) groups is 1. The van der Waals surface area contributed by atoms with E-state index in [0.717, 1.165) is 6.07 Å². The first-order valence-corrected chi connectivity index (χ1v) is 8.88. The number of amidine groups is 1. The van der Waals surface area contributed by atoms with Gasteiger partial charge >= 0.3 is 0 Å². The number of methoxy groups -OCH3 is 1. The molecule has 10 heteroatoms. The predicted octanol–water partition coefficient (Wildman–Crippen LogP) is 2.63. The summed E-state index contributed by atoms with van der Waals surface area (Å²) in [5, 5.41) is 0. The second-order valence-electron chi connectivity index (χ2n) is 6.74. The molecule has 0 radical (unpaired) electrons. The molecule has 0 spiro atoms. The van der Waals surface area contributed by atoms with Crippen LogP contribution in [0.15, 0.2) is 29.4 Å². The Kier molecular flexibility index (Phi) is 5.71. The van der Waals surface area contributed by atoms with Crippen LogP contribution in [0, 0.1) is 5.82 Å². The molecule has 3 rings (SSSR count). The Morgan fingerprint density at radius 3 is 2.72 bits per heavy atom. The van der Waals surface area contributed by atoms with Gasteiger partial charge in [0.05, 0.1) is 19.1 Å². The number of ether oxygens (including phenoxy) is 1. The van der Waals surface area contributed by atoms with Crippen molar-refractivity contribution in [3.63, 3.8) is 0 Å². The van der Waals surface area contributed by atoms with Crippen LogP contribution in [0.25, 0.3) is 0 Å². The molecule has 7 nitrogen and oxygen atoms in total. The number of aliphatic imine (C=N–C) groups is 1. The summed E-state index contributed by atoms with van der Waals surface area (Å²) >= 11 is 0. The van der Waals surface area contributed by atoms with E-state index in [4.69, 9.17) is 16.2 Å². The lowest BCUT2D eigenvalue weighted by molar-refractivity contribution is 0.0422. The van der Waals surface area contributed by atoms with Crippen molar-refractivity contribution in [3.05, 3.63) is 47.0 Å². The molecular formula is C19H20F3N5O2. The molecule has 0 amide bonds. The lowest BCUT2D eigenvalue weighted by Gasteiger charge is -2.33. The Hall–Kier alpha value is -3.17. The van der Waals surface area contributed by atoms with Gasteiger partial charge in [-0.1, -0.05) is 6.07 Å². The van der Waals surface area contributed by atoms with Crippen LogP contribution >= 0.6 is 0 Å². The second-order valence-corrected chi connectivity index (χ2v) is 6.74. The molecule has 29 heavy (non-hydrogen) atoms. The van der Waals surface area contributed by atoms with E-state index in [2.05, 4.69) is 15.0 Å². The van der Waals surface area contributed by atoms with E-state index in [1.165, 1.54) is 25.4 Å². The fraction of sp³-hybridized carbons (Fsp3) is 0.368. The molecule has 1 aromatic carbocycles. The smallest absolute Gasteiger partial charge is 0.267 e. The van der Waals surface area contributed by atoms with E-state index in [0.29, 0.717) is 18.4 Å². The molecule has 1 aliphatic heterocycles. The number of nitrogens with two attached hydrogens (primary N) is 2. The van der Waals surface area contributed by atoms with Crippen LogP contribution in [0.5, 0.6) is 5.88 Å². The molecule has 0 bridgehead atoms. The third-order valence-electron chi connectivity index (χ3n) is 4.81. The maximum atomic E-state index is 14.5. The SMILES string of the molecule is COc1cnc(C(=O)Cc2ccc(F)c([C@]3(C(F)F)CCCC(N)=N3)c2)c(N)n1. The van der Waals surface area contributed by atoms with Crippen LogP contribution in [0.2, 0.25) is 0 Å². The van der Waals surface area contributed by atoms with Gasteiger partial charge in [0.15, 0.2) is 17.1 Å². The lowest BCUT2D eigenvalue weighted by atomic mass is 9.82. The van der Waals surface area contributed by atoms with E-state index in [-0.39, 0.29) is 41.6 Å². The topological polar surface area (TPSA) is 116 Å². The molecular weight excluding hydrogens is 387 g/mol. The standard InChI is InChI=1S/C19H20F3N5O2/c1-29-15-9-25-16(17(24)26-15)13(28)8-10-4-5-12(20)11(7-10)19(18(21)22)6-2-3-14(23)27-19/h4-5,7,9,18H,2-3,6,8H2,1H3,(H2,23,27)(H2,24,26)/t19-/m0/s1. The van der Waals surface area contributed by atoms with Crippen molar-refractivity contribution >= 4 is 17.4 Å². The van der Waals surface area contributed by atoms with Gasteiger partial charge in [0.1, 0.15) is 11.5 Å². The summed E-state index contributed by atoms with van der Waals surface area (Å²) < 4.78 is 47.3. The first-order valence-electron chi connectivity index (χ1n) is 8.88. The van der Waals surface area contributed by atoms with E-state index in [1.807, 2.05) is 0 Å². The van der Waals surface area contributed by atoms with Gasteiger partial charge in [0, 0.05) is 18.4 Å². The Morgan fingerprint density at radius 1 is 1.34 bits per heavy atom. The molecule has 1 atom stereocenters. The monoisotopic (exact) mass is 407 g/mol. The summed E-state index contributed by atoms with van der Waals surface area (Å²) in [6.07, 6.45) is -1.24. The number of ketones is 1. The Morgan fingerprint density at radius 2 is 2.10 bits per heavy atom. The molecule has 154 valence electrons. The molecule has 0 aliphatic carbocycles. The largest absolute Gasteiger partial charge is 0.480 e. The number of nitrogen functional groups attached to an aromatic ring is 1. The highest BCUT2D eigenvalue weighted by Gasteiger charge is 2.45. The van der Waals surface area contributed by atoms with Gasteiger partial charge < -0.3 is 16.2 Å². The van der Waals surface area contributed by atoms with Crippen molar-refractivity contribution in [2.45, 2.75) is 37.6 Å². The van der Waals surface area contributed by atoms with Gasteiger partial charge in [-0.15, -0.1) is 0 Å². The number of carbonyl (C=O) groups excluding carboxylic acids is 1. The maximum absolute atomic E-state index is 14.5. The molecule has 1 aliphatic rings. The van der Waals surface area contributed by atoms with Crippen molar-refractivity contribution in [1.29, 1.82) is 0 Å². The van der Waals surface area contributed by atoms with E-state index in [9.17, 15) is 18.0 Å². The summed E-state index contributed by atoms with van der Waals surface area (Å²) in [4.78, 5) is 24.3. The number of hydrogen-bond donors (Lipinski definition) is 2. The third kappa shape index (κ3) is 4.01. The second kappa shape index (κ2) is 8.06. The number of benzene rings is 1. The van der Waals surface area contributed by atoms with Crippen LogP contribution in [-0.2, 0) is 12.0 Å². The highest BCUT2D eigenvalue weighted by atomic mass is 19.3. The van der Waals surface area contributed by atoms with Gasteiger partial charge in [0.2, 0.25) is 5.88 Å². The Balaban J connectivity index is 1.95. The van der Waals surface area contributed by atoms with Crippen LogP contribution in [-0.4, -0.2) is 35.1 Å². The van der Waals surface area contributed by atoms with E-state index in [1.54, 1.807) is 0 Å². The van der Waals surface area contributed by atoms with Gasteiger partial charge in [-0.25, -0.2) is 18.2 Å². The molecule has 0 saturated heterocycles. The lowest BCUT2D eigenvalue weighted by Crippen LogP contribution is -2.39. The fourth-order valence-electron chi connectivity index (χ4n) is 3.36. The summed E-state index contributed by atoms with van der Waals surface area (Å²) in [5.41, 5.74) is 9.30. The fourth-order valence-corrected chi connectivity index (χ4v) is 3.36. The molecule has 1 aromatic heterocycles. The summed E-state index contributed by atoms with van der Waals surface area (Å²) in [6, 6.07) is 3.62. The molecule has 2 aromatic rings. The highest BCUT2D eigenvalue weighted by Crippen LogP contribution is 2.41. The average Bonchev–Trinajstić information content (AvgIpc) is 2.68. The number of nitrogens with zero attached hydrogens (tertiary/aromatic N) is 3. The summed E-state index contributed by atoms with van der Waals surface area (Å²) in [7, 11) is 1.38. The number of Topliss-reactive ketones (excluding diaryl/α,β-unsaturated/α-hetero) is 1. The van der Waals surface area contributed by atoms with Crippen LogP contribution < -0.4 is 16.2 Å². The van der Waals surface area contributed by atoms with E-state index < -0.39 is 23.6 Å². The normalized spacial score (nSPS) is 19.1. The third-order valence-corrected chi connectivity index (χ3v) is 4.81. The van der Waals surface area contributed by atoms with E-state index >= 15 is 0 Å². The predicted molar refractivity (Wildman–Crippen MR) is 101 cm³/mol. The van der Waals surface area contributed by atoms with Crippen LogP contribution in [0.3, 0.4) is 0 Å². The quantitative estimate of drug-likeness (QED) is 0.711. The van der Waals surface area contributed by atoms with Crippen molar-refractivity contribution in [3.8, 4) is 5.88 Å². The minimum Gasteiger partial charge on any atom is -0.480 e. The van der Waals surface area contributed by atoms with Crippen molar-refractivity contribution in [2.75, 3.05) is 12.8 Å². The zero-order valence-electron chi connectivity index (χ0n) is 15.7. The number of aromatic nitrogens is 2. The first-order chi connectivity index (χ1) is 13.8. The average molecular weight is 407 g/mol. The van der Waals surface area contributed by atoms with Gasteiger partial charge in [-0.2, -0.15) is 4.98 Å².